The van der Waals surface area contributed by atoms with Crippen molar-refractivity contribution in [3.63, 3.8) is 0 Å². The van der Waals surface area contributed by atoms with E-state index in [0.717, 1.165) is 11.7 Å². The van der Waals surface area contributed by atoms with Crippen LogP contribution in [0.5, 0.6) is 0 Å². The van der Waals surface area contributed by atoms with Crippen molar-refractivity contribution < 1.29 is 0 Å². The van der Waals surface area contributed by atoms with Crippen molar-refractivity contribution >= 4 is 11.6 Å². The molecule has 0 aromatic carbocycles. The van der Waals surface area contributed by atoms with Crippen LogP contribution in [0.1, 0.15) is 36.4 Å². The number of nitrogens with one attached hydrogen (secondary N) is 1. The number of hydrogen-bond donors (Lipinski definition) is 1. The summed E-state index contributed by atoms with van der Waals surface area (Å²) in [6, 6.07) is 5.49. The first-order valence-electron chi connectivity index (χ1n) is 5.63. The van der Waals surface area contributed by atoms with Crippen LogP contribution in [0.2, 0.25) is 5.15 Å². The Kier molecular flexibility index (Phi) is 2.22. The Hall–Kier alpha value is -0.600. The fraction of sp³-hybridized carbons (Fsp3) is 0.583. The first-order chi connectivity index (χ1) is 7.24. The summed E-state index contributed by atoms with van der Waals surface area (Å²) < 4.78 is 0. The highest BCUT2D eigenvalue weighted by Crippen LogP contribution is 2.40. The molecule has 3 rings (SSSR count). The average Bonchev–Trinajstić information content (AvgIpc) is 2.78. The van der Waals surface area contributed by atoms with E-state index in [9.17, 15) is 0 Å². The molecule has 2 bridgehead atoms. The molecular weight excluding hydrogens is 208 g/mol. The van der Waals surface area contributed by atoms with Crippen LogP contribution in [-0.4, -0.2) is 17.1 Å². The lowest BCUT2D eigenvalue weighted by atomic mass is 9.83. The molecule has 0 saturated carbocycles. The minimum atomic E-state index is 0.604. The number of fused-ring (bicyclic) bond motifs is 2. The Morgan fingerprint density at radius 2 is 2.27 bits per heavy atom. The summed E-state index contributed by atoms with van der Waals surface area (Å²) in [4.78, 5) is 4.34. The number of hydrogen-bond acceptors (Lipinski definition) is 2. The van der Waals surface area contributed by atoms with E-state index >= 15 is 0 Å². The highest BCUT2D eigenvalue weighted by Gasteiger charge is 2.40. The number of nitrogens with zero attached hydrogens (tertiary/aromatic N) is 1. The molecule has 1 aromatic heterocycles. The topological polar surface area (TPSA) is 24.9 Å². The quantitative estimate of drug-likeness (QED) is 0.739. The van der Waals surface area contributed by atoms with Crippen LogP contribution >= 0.6 is 11.6 Å². The number of pyridine rings is 1. The summed E-state index contributed by atoms with van der Waals surface area (Å²) in [5, 5.41) is 4.26. The van der Waals surface area contributed by atoms with Gasteiger partial charge in [-0.05, 0) is 37.8 Å². The highest BCUT2D eigenvalue weighted by atomic mass is 35.5. The molecule has 2 aliphatic rings. The van der Waals surface area contributed by atoms with E-state index in [1.54, 1.807) is 0 Å². The monoisotopic (exact) mass is 222 g/mol. The Labute approximate surface area is 95.0 Å². The van der Waals surface area contributed by atoms with Gasteiger partial charge in [-0.1, -0.05) is 17.7 Å². The number of halogens is 1. The van der Waals surface area contributed by atoms with E-state index in [2.05, 4.69) is 23.3 Å². The SMILES string of the molecule is Cc1nc(Cl)ccc1[C@H]1CC2CCC1N2. The van der Waals surface area contributed by atoms with E-state index in [1.807, 2.05) is 6.07 Å². The maximum Gasteiger partial charge on any atom is 0.129 e. The van der Waals surface area contributed by atoms with Gasteiger partial charge in [-0.3, -0.25) is 0 Å². The second kappa shape index (κ2) is 3.46. The van der Waals surface area contributed by atoms with Gasteiger partial charge in [-0.15, -0.1) is 0 Å². The van der Waals surface area contributed by atoms with E-state index < -0.39 is 0 Å². The van der Waals surface area contributed by atoms with Crippen LogP contribution in [0, 0.1) is 6.92 Å². The van der Waals surface area contributed by atoms with Crippen LogP contribution in [0.4, 0.5) is 0 Å². The summed E-state index contributed by atoms with van der Waals surface area (Å²) in [6.07, 6.45) is 3.94. The number of aryl methyl sites for hydroxylation is 1. The molecule has 0 radical (unpaired) electrons. The summed E-state index contributed by atoms with van der Waals surface area (Å²) >= 11 is 5.88. The van der Waals surface area contributed by atoms with Gasteiger partial charge in [0.1, 0.15) is 5.15 Å². The molecule has 0 aliphatic carbocycles. The molecule has 2 aliphatic heterocycles. The third kappa shape index (κ3) is 1.56. The number of aromatic nitrogens is 1. The second-order valence-electron chi connectivity index (χ2n) is 4.70. The van der Waals surface area contributed by atoms with Crippen molar-refractivity contribution in [2.45, 2.75) is 44.2 Å². The second-order valence-corrected chi connectivity index (χ2v) is 5.09. The first-order valence-corrected chi connectivity index (χ1v) is 6.01. The molecule has 80 valence electrons. The van der Waals surface area contributed by atoms with Gasteiger partial charge in [0.25, 0.3) is 0 Å². The van der Waals surface area contributed by atoms with Gasteiger partial charge in [0, 0.05) is 23.7 Å². The van der Waals surface area contributed by atoms with Gasteiger partial charge in [0.05, 0.1) is 0 Å². The van der Waals surface area contributed by atoms with Crippen LogP contribution in [0.25, 0.3) is 0 Å². The first kappa shape index (κ1) is 9.61. The molecule has 2 fully saturated rings. The van der Waals surface area contributed by atoms with Gasteiger partial charge >= 0.3 is 0 Å². The van der Waals surface area contributed by atoms with Gasteiger partial charge in [0.2, 0.25) is 0 Å². The third-order valence-corrected chi connectivity index (χ3v) is 4.00. The zero-order chi connectivity index (χ0) is 10.4. The van der Waals surface area contributed by atoms with Crippen molar-refractivity contribution in [1.82, 2.24) is 10.3 Å². The Balaban J connectivity index is 1.93. The summed E-state index contributed by atoms with van der Waals surface area (Å²) in [7, 11) is 0. The molecule has 3 heteroatoms. The van der Waals surface area contributed by atoms with Crippen molar-refractivity contribution in [1.29, 1.82) is 0 Å². The van der Waals surface area contributed by atoms with Crippen molar-refractivity contribution in [2.75, 3.05) is 0 Å². The predicted molar refractivity (Wildman–Crippen MR) is 61.3 cm³/mol. The summed E-state index contributed by atoms with van der Waals surface area (Å²) in [5.41, 5.74) is 2.49. The van der Waals surface area contributed by atoms with Crippen LogP contribution in [0.15, 0.2) is 12.1 Å². The molecule has 3 heterocycles. The minimum Gasteiger partial charge on any atom is -0.311 e. The van der Waals surface area contributed by atoms with E-state index in [0.29, 0.717) is 17.1 Å². The fourth-order valence-corrected chi connectivity index (χ4v) is 3.29. The highest BCUT2D eigenvalue weighted by molar-refractivity contribution is 6.29. The lowest BCUT2D eigenvalue weighted by Gasteiger charge is -2.21. The third-order valence-electron chi connectivity index (χ3n) is 3.79. The summed E-state index contributed by atoms with van der Waals surface area (Å²) in [6.45, 7) is 2.06. The molecular formula is C12H15ClN2. The lowest BCUT2D eigenvalue weighted by Crippen LogP contribution is -2.22. The molecule has 3 atom stereocenters. The van der Waals surface area contributed by atoms with E-state index in [4.69, 9.17) is 11.6 Å². The molecule has 15 heavy (non-hydrogen) atoms. The van der Waals surface area contributed by atoms with Gasteiger partial charge in [-0.2, -0.15) is 0 Å². The van der Waals surface area contributed by atoms with Crippen LogP contribution in [-0.2, 0) is 0 Å². The van der Waals surface area contributed by atoms with Crippen molar-refractivity contribution in [3.8, 4) is 0 Å². The van der Waals surface area contributed by atoms with Gasteiger partial charge in [-0.25, -0.2) is 4.98 Å². The minimum absolute atomic E-state index is 0.604. The van der Waals surface area contributed by atoms with E-state index in [-0.39, 0.29) is 0 Å². The Morgan fingerprint density at radius 1 is 1.40 bits per heavy atom. The van der Waals surface area contributed by atoms with Crippen LogP contribution < -0.4 is 5.32 Å². The normalized spacial score (nSPS) is 33.6. The maximum atomic E-state index is 5.88. The van der Waals surface area contributed by atoms with E-state index in [1.165, 1.54) is 24.8 Å². The maximum absolute atomic E-state index is 5.88. The standard InChI is InChI=1S/C12H15ClN2/c1-7-9(3-5-12(13)14-7)10-6-8-2-4-11(10)15-8/h3,5,8,10-11,15H,2,4,6H2,1H3/t8?,10-,11?/m1/s1. The van der Waals surface area contributed by atoms with Crippen LogP contribution in [0.3, 0.4) is 0 Å². The molecule has 2 nitrogen and oxygen atoms in total. The molecule has 2 unspecified atom stereocenters. The Bertz CT molecular complexity index is 391. The summed E-state index contributed by atoms with van der Waals surface area (Å²) in [5.74, 6) is 0.661. The average molecular weight is 223 g/mol. The van der Waals surface area contributed by atoms with Crippen molar-refractivity contribution in [2.24, 2.45) is 0 Å². The Morgan fingerprint density at radius 3 is 2.87 bits per heavy atom. The molecule has 0 amide bonds. The largest absolute Gasteiger partial charge is 0.311 e. The van der Waals surface area contributed by atoms with Gasteiger partial charge < -0.3 is 5.32 Å². The molecule has 0 spiro atoms. The zero-order valence-corrected chi connectivity index (χ0v) is 9.59. The van der Waals surface area contributed by atoms with Crippen molar-refractivity contribution in [3.05, 3.63) is 28.5 Å². The predicted octanol–water partition coefficient (Wildman–Crippen LogP) is 2.65. The molecule has 1 N–H and O–H groups in total. The lowest BCUT2D eigenvalue weighted by molar-refractivity contribution is 0.503. The van der Waals surface area contributed by atoms with Gasteiger partial charge in [0.15, 0.2) is 0 Å². The fourth-order valence-electron chi connectivity index (χ4n) is 3.10. The smallest absolute Gasteiger partial charge is 0.129 e. The molecule has 2 saturated heterocycles. The molecule has 1 aromatic rings. The number of rotatable bonds is 1. The zero-order valence-electron chi connectivity index (χ0n) is 8.83.